The molecule has 1 nitrogen and oxygen atoms in total. The third kappa shape index (κ3) is 4.92. The number of hydrogen-bond donors (Lipinski definition) is 0. The molecular weight excluding hydrogens is 306 g/mol. The predicted molar refractivity (Wildman–Crippen MR) is 71.1 cm³/mol. The number of nitrogens with zero attached hydrogens (tertiary/aromatic N) is 1. The van der Waals surface area contributed by atoms with Gasteiger partial charge in [0.2, 0.25) is 0 Å². The van der Waals surface area contributed by atoms with E-state index in [1.165, 1.54) is 32.1 Å². The van der Waals surface area contributed by atoms with E-state index in [2.05, 4.69) is 50.0 Å². The molecule has 1 aliphatic carbocycles. The van der Waals surface area contributed by atoms with Crippen molar-refractivity contribution in [2.24, 2.45) is 10.9 Å². The van der Waals surface area contributed by atoms with Gasteiger partial charge in [-0.2, -0.15) is 0 Å². The average molecular weight is 325 g/mol. The molecule has 0 aromatic heterocycles. The zero-order chi connectivity index (χ0) is 10.4. The first kappa shape index (κ1) is 12.7. The van der Waals surface area contributed by atoms with Crippen molar-refractivity contribution in [2.45, 2.75) is 43.4 Å². The van der Waals surface area contributed by atoms with Crippen molar-refractivity contribution >= 4 is 38.1 Å². The molecule has 1 rings (SSSR count). The molecule has 0 amide bonds. The van der Waals surface area contributed by atoms with Gasteiger partial charge in [0, 0.05) is 11.5 Å². The van der Waals surface area contributed by atoms with Crippen LogP contribution >= 0.6 is 31.9 Å². The Kier molecular flexibility index (Phi) is 5.68. The highest BCUT2D eigenvalue weighted by Crippen LogP contribution is 2.23. The summed E-state index contributed by atoms with van der Waals surface area (Å²) in [7, 11) is 0. The van der Waals surface area contributed by atoms with Crippen LogP contribution in [-0.4, -0.2) is 22.4 Å². The number of aliphatic imine (C=N–C) groups is 1. The summed E-state index contributed by atoms with van der Waals surface area (Å²) in [6, 6.07) is 0. The van der Waals surface area contributed by atoms with Crippen molar-refractivity contribution < 1.29 is 0 Å². The van der Waals surface area contributed by atoms with E-state index in [0.717, 1.165) is 17.8 Å². The lowest BCUT2D eigenvalue weighted by atomic mass is 9.90. The van der Waals surface area contributed by atoms with Crippen LogP contribution in [0, 0.1) is 5.92 Å². The summed E-state index contributed by atoms with van der Waals surface area (Å²) in [5, 5.41) is 0.946. The van der Waals surface area contributed by atoms with E-state index in [4.69, 9.17) is 0 Å². The van der Waals surface area contributed by atoms with E-state index >= 15 is 0 Å². The van der Waals surface area contributed by atoms with Crippen molar-refractivity contribution in [2.75, 3.05) is 11.9 Å². The number of alkyl halides is 2. The number of rotatable bonds is 4. The minimum Gasteiger partial charge on any atom is -0.296 e. The Balaban J connectivity index is 2.25. The lowest BCUT2D eigenvalue weighted by Crippen LogP contribution is -2.22. The van der Waals surface area contributed by atoms with E-state index in [-0.39, 0.29) is 4.32 Å². The third-order valence-electron chi connectivity index (χ3n) is 2.67. The molecule has 0 N–H and O–H groups in total. The molecule has 0 heterocycles. The van der Waals surface area contributed by atoms with Crippen LogP contribution in [0.5, 0.6) is 0 Å². The van der Waals surface area contributed by atoms with Crippen LogP contribution in [0.1, 0.15) is 39.0 Å². The Bertz CT molecular complexity index is 184. The van der Waals surface area contributed by atoms with Gasteiger partial charge in [0.25, 0.3) is 0 Å². The van der Waals surface area contributed by atoms with Crippen LogP contribution in [0.4, 0.5) is 0 Å². The van der Waals surface area contributed by atoms with E-state index in [1.54, 1.807) is 0 Å². The molecule has 3 heteroatoms. The van der Waals surface area contributed by atoms with Gasteiger partial charge in [-0.3, -0.25) is 4.99 Å². The zero-order valence-electron chi connectivity index (χ0n) is 8.81. The second-order valence-electron chi connectivity index (χ2n) is 4.43. The van der Waals surface area contributed by atoms with Gasteiger partial charge in [0.05, 0.1) is 10.9 Å². The quantitative estimate of drug-likeness (QED) is 0.543. The van der Waals surface area contributed by atoms with Gasteiger partial charge >= 0.3 is 0 Å². The van der Waals surface area contributed by atoms with Gasteiger partial charge in [-0.1, -0.05) is 51.1 Å². The Morgan fingerprint density at radius 3 is 2.57 bits per heavy atom. The molecule has 1 unspecified atom stereocenters. The molecule has 0 bridgehead atoms. The smallest absolute Gasteiger partial charge is 0.0544 e. The maximum Gasteiger partial charge on any atom is 0.0544 e. The molecule has 0 radical (unpaired) electrons. The Hall–Kier alpha value is 0.630. The summed E-state index contributed by atoms with van der Waals surface area (Å²) in [6.45, 7) is 3.04. The van der Waals surface area contributed by atoms with Crippen LogP contribution in [0.2, 0.25) is 0 Å². The van der Waals surface area contributed by atoms with Crippen molar-refractivity contribution in [3.63, 3.8) is 0 Å². The molecule has 0 aliphatic heterocycles. The highest BCUT2D eigenvalue weighted by molar-refractivity contribution is 9.12. The van der Waals surface area contributed by atoms with Crippen molar-refractivity contribution in [1.29, 1.82) is 0 Å². The van der Waals surface area contributed by atoms with Gasteiger partial charge in [-0.15, -0.1) is 0 Å². The fourth-order valence-electron chi connectivity index (χ4n) is 1.72. The summed E-state index contributed by atoms with van der Waals surface area (Å²) >= 11 is 7.12. The molecule has 1 atom stereocenters. The highest BCUT2D eigenvalue weighted by atomic mass is 79.9. The molecule has 1 saturated carbocycles. The molecule has 0 aromatic carbocycles. The van der Waals surface area contributed by atoms with Gasteiger partial charge < -0.3 is 0 Å². The lowest BCUT2D eigenvalue weighted by Gasteiger charge is -2.19. The van der Waals surface area contributed by atoms with Crippen molar-refractivity contribution in [1.82, 2.24) is 0 Å². The SMILES string of the molecule is CC(Br)(CBr)CN=CC1CCCCC1. The van der Waals surface area contributed by atoms with Crippen LogP contribution in [0.3, 0.4) is 0 Å². The van der Waals surface area contributed by atoms with Gasteiger partial charge in [-0.05, 0) is 25.7 Å². The van der Waals surface area contributed by atoms with E-state index in [0.29, 0.717) is 0 Å². The lowest BCUT2D eigenvalue weighted by molar-refractivity contribution is 0.444. The van der Waals surface area contributed by atoms with Gasteiger partial charge in [-0.25, -0.2) is 0 Å². The van der Waals surface area contributed by atoms with Gasteiger partial charge in [0.1, 0.15) is 0 Å². The minimum absolute atomic E-state index is 0.123. The Morgan fingerprint density at radius 1 is 1.36 bits per heavy atom. The fraction of sp³-hybridized carbons (Fsp3) is 0.909. The fourth-order valence-corrected chi connectivity index (χ4v) is 2.04. The molecule has 0 aromatic rings. The summed E-state index contributed by atoms with van der Waals surface area (Å²) in [5.41, 5.74) is 0. The maximum atomic E-state index is 4.54. The summed E-state index contributed by atoms with van der Waals surface area (Å²) in [4.78, 5) is 4.54. The molecule has 1 fully saturated rings. The van der Waals surface area contributed by atoms with Crippen molar-refractivity contribution in [3.8, 4) is 0 Å². The highest BCUT2D eigenvalue weighted by Gasteiger charge is 2.17. The van der Waals surface area contributed by atoms with E-state index < -0.39 is 0 Å². The molecule has 82 valence electrons. The largest absolute Gasteiger partial charge is 0.296 e. The standard InChI is InChI=1S/C11H19Br2N/c1-11(13,8-12)9-14-7-10-5-3-2-4-6-10/h7,10H,2-6,8-9H2,1H3. The first-order chi connectivity index (χ1) is 6.64. The number of halogens is 2. The van der Waals surface area contributed by atoms with Crippen LogP contribution < -0.4 is 0 Å². The second kappa shape index (κ2) is 6.26. The minimum atomic E-state index is 0.123. The normalized spacial score (nSPS) is 23.9. The summed E-state index contributed by atoms with van der Waals surface area (Å²) in [5.74, 6) is 0.752. The van der Waals surface area contributed by atoms with Crippen LogP contribution in [0.15, 0.2) is 4.99 Å². The monoisotopic (exact) mass is 323 g/mol. The number of hydrogen-bond acceptors (Lipinski definition) is 1. The van der Waals surface area contributed by atoms with Crippen LogP contribution in [-0.2, 0) is 0 Å². The maximum absolute atomic E-state index is 4.54. The molecule has 14 heavy (non-hydrogen) atoms. The average Bonchev–Trinajstić information content (AvgIpc) is 2.19. The Labute approximate surface area is 104 Å². The first-order valence-corrected chi connectivity index (χ1v) is 7.30. The first-order valence-electron chi connectivity index (χ1n) is 5.39. The van der Waals surface area contributed by atoms with Gasteiger partial charge in [0.15, 0.2) is 0 Å². The predicted octanol–water partition coefficient (Wildman–Crippen LogP) is 4.19. The molecule has 0 saturated heterocycles. The van der Waals surface area contributed by atoms with Crippen LogP contribution in [0.25, 0.3) is 0 Å². The zero-order valence-corrected chi connectivity index (χ0v) is 12.0. The summed E-state index contributed by atoms with van der Waals surface area (Å²) in [6.07, 6.45) is 9.07. The van der Waals surface area contributed by atoms with E-state index in [9.17, 15) is 0 Å². The molecule has 0 spiro atoms. The second-order valence-corrected chi connectivity index (χ2v) is 6.91. The summed E-state index contributed by atoms with van der Waals surface area (Å²) < 4.78 is 0.123. The molecular formula is C11H19Br2N. The Morgan fingerprint density at radius 2 is 2.00 bits per heavy atom. The molecule has 1 aliphatic rings. The van der Waals surface area contributed by atoms with E-state index in [1.807, 2.05) is 0 Å². The van der Waals surface area contributed by atoms with Crippen molar-refractivity contribution in [3.05, 3.63) is 0 Å². The topological polar surface area (TPSA) is 12.4 Å². The third-order valence-corrected chi connectivity index (χ3v) is 5.19.